The number of hydrogen-bond acceptors (Lipinski definition) is 6. The Morgan fingerprint density at radius 2 is 1.79 bits per heavy atom. The Kier molecular flexibility index (Phi) is 9.62. The average Bonchev–Trinajstić information content (AvgIpc) is 2.75. The number of nitrogens with one attached hydrogen (secondary N) is 2. The Balaban J connectivity index is 1.99. The third-order valence-electron chi connectivity index (χ3n) is 4.40. The number of nitro groups is 1. The highest BCUT2D eigenvalue weighted by Crippen LogP contribution is 2.28. The third-order valence-corrected chi connectivity index (χ3v) is 4.93. The second-order valence-electron chi connectivity index (χ2n) is 7.61. The molecule has 2 atom stereocenters. The van der Waals surface area contributed by atoms with Crippen molar-refractivity contribution in [3.63, 3.8) is 0 Å². The van der Waals surface area contributed by atoms with Crippen molar-refractivity contribution in [1.82, 2.24) is 10.7 Å². The van der Waals surface area contributed by atoms with E-state index in [0.717, 1.165) is 0 Å². The molecule has 2 rings (SSSR count). The zero-order valence-corrected chi connectivity index (χ0v) is 19.8. The van der Waals surface area contributed by atoms with Gasteiger partial charge in [-0.15, -0.1) is 0 Å². The lowest BCUT2D eigenvalue weighted by atomic mass is 10.0. The Bertz CT molecular complexity index is 1030. The van der Waals surface area contributed by atoms with E-state index < -0.39 is 28.9 Å². The summed E-state index contributed by atoms with van der Waals surface area (Å²) in [4.78, 5) is 35.4. The molecular formula is C22H24Cl2N4O5. The van der Waals surface area contributed by atoms with Crippen LogP contribution in [0.5, 0.6) is 5.75 Å². The summed E-state index contributed by atoms with van der Waals surface area (Å²) in [6, 6.07) is 9.47. The predicted octanol–water partition coefficient (Wildman–Crippen LogP) is 4.35. The van der Waals surface area contributed by atoms with E-state index in [2.05, 4.69) is 15.8 Å². The largest absolute Gasteiger partial charge is 0.479 e. The van der Waals surface area contributed by atoms with Gasteiger partial charge < -0.3 is 10.1 Å². The van der Waals surface area contributed by atoms with Gasteiger partial charge in [0, 0.05) is 17.2 Å². The van der Waals surface area contributed by atoms with Gasteiger partial charge in [-0.25, -0.2) is 5.43 Å². The molecule has 2 aromatic carbocycles. The fourth-order valence-electron chi connectivity index (χ4n) is 2.74. The molecule has 0 aliphatic heterocycles. The molecule has 176 valence electrons. The van der Waals surface area contributed by atoms with E-state index >= 15 is 0 Å². The van der Waals surface area contributed by atoms with Crippen LogP contribution in [0, 0.1) is 16.0 Å². The molecule has 0 aliphatic rings. The Hall–Kier alpha value is -3.17. The van der Waals surface area contributed by atoms with Gasteiger partial charge >= 0.3 is 0 Å². The van der Waals surface area contributed by atoms with Gasteiger partial charge in [-0.2, -0.15) is 5.10 Å². The van der Waals surface area contributed by atoms with Gasteiger partial charge in [0.15, 0.2) is 6.10 Å². The lowest BCUT2D eigenvalue weighted by Gasteiger charge is -2.22. The SMILES string of the molecule is CC(C)C[C@@H](NC(=O)[C@H](C)Oc1ccc(Cl)cc1Cl)C(=O)N/N=C\c1ccc([N+](=O)[O-])cc1. The van der Waals surface area contributed by atoms with Gasteiger partial charge in [0.1, 0.15) is 11.8 Å². The molecule has 0 radical (unpaired) electrons. The second-order valence-corrected chi connectivity index (χ2v) is 8.45. The van der Waals surface area contributed by atoms with Crippen molar-refractivity contribution in [3.05, 3.63) is 68.2 Å². The maximum absolute atomic E-state index is 12.6. The summed E-state index contributed by atoms with van der Waals surface area (Å²) in [5.41, 5.74) is 2.90. The van der Waals surface area contributed by atoms with Gasteiger partial charge in [-0.05, 0) is 55.2 Å². The minimum Gasteiger partial charge on any atom is -0.479 e. The van der Waals surface area contributed by atoms with Crippen molar-refractivity contribution in [1.29, 1.82) is 0 Å². The number of halogens is 2. The van der Waals surface area contributed by atoms with Crippen LogP contribution in [0.3, 0.4) is 0 Å². The number of carbonyl (C=O) groups is 2. The standard InChI is InChI=1S/C22H24Cl2N4O5/c1-13(2)10-19(22(30)27-25-12-15-4-7-17(8-5-15)28(31)32)26-21(29)14(3)33-20-9-6-16(23)11-18(20)24/h4-9,11-14,19H,10H2,1-3H3,(H,26,29)(H,27,30)/b25-12-/t14-,19+/m0/s1. The van der Waals surface area contributed by atoms with Gasteiger partial charge in [0.2, 0.25) is 0 Å². The number of benzene rings is 2. The minimum absolute atomic E-state index is 0.0490. The zero-order valence-electron chi connectivity index (χ0n) is 18.2. The number of amides is 2. The summed E-state index contributed by atoms with van der Waals surface area (Å²) in [7, 11) is 0. The molecule has 0 unspecified atom stereocenters. The molecule has 0 fully saturated rings. The number of ether oxygens (including phenoxy) is 1. The van der Waals surface area contributed by atoms with E-state index in [-0.39, 0.29) is 16.6 Å². The number of non-ortho nitro benzene ring substituents is 1. The Labute approximate surface area is 201 Å². The molecule has 2 aromatic rings. The van der Waals surface area contributed by atoms with Crippen LogP contribution in [-0.4, -0.2) is 35.1 Å². The first-order valence-electron chi connectivity index (χ1n) is 10.1. The van der Waals surface area contributed by atoms with Crippen molar-refractivity contribution in [2.24, 2.45) is 11.0 Å². The highest BCUT2D eigenvalue weighted by Gasteiger charge is 2.25. The average molecular weight is 495 g/mol. The van der Waals surface area contributed by atoms with Crippen LogP contribution in [0.1, 0.15) is 32.8 Å². The molecule has 0 aliphatic carbocycles. The van der Waals surface area contributed by atoms with Gasteiger partial charge in [0.05, 0.1) is 16.2 Å². The van der Waals surface area contributed by atoms with Crippen molar-refractivity contribution >= 4 is 46.9 Å². The van der Waals surface area contributed by atoms with Crippen LogP contribution < -0.4 is 15.5 Å². The zero-order chi connectivity index (χ0) is 24.5. The normalized spacial score (nSPS) is 12.9. The van der Waals surface area contributed by atoms with Crippen LogP contribution in [0.15, 0.2) is 47.6 Å². The third kappa shape index (κ3) is 8.36. The molecular weight excluding hydrogens is 471 g/mol. The number of hydrazone groups is 1. The molecule has 0 saturated carbocycles. The number of rotatable bonds is 10. The molecule has 0 aromatic heterocycles. The van der Waals surface area contributed by atoms with Crippen molar-refractivity contribution in [3.8, 4) is 5.75 Å². The fraction of sp³-hybridized carbons (Fsp3) is 0.318. The highest BCUT2D eigenvalue weighted by molar-refractivity contribution is 6.35. The maximum Gasteiger partial charge on any atom is 0.269 e. The van der Waals surface area contributed by atoms with E-state index in [1.54, 1.807) is 12.1 Å². The molecule has 0 saturated heterocycles. The van der Waals surface area contributed by atoms with Crippen LogP contribution in [0.4, 0.5) is 5.69 Å². The van der Waals surface area contributed by atoms with Crippen molar-refractivity contribution < 1.29 is 19.2 Å². The minimum atomic E-state index is -0.922. The van der Waals surface area contributed by atoms with Gasteiger partial charge in [-0.3, -0.25) is 19.7 Å². The molecule has 0 bridgehead atoms. The van der Waals surface area contributed by atoms with Crippen molar-refractivity contribution in [2.75, 3.05) is 0 Å². The number of nitrogens with zero attached hydrogens (tertiary/aromatic N) is 2. The molecule has 2 N–H and O–H groups in total. The summed E-state index contributed by atoms with van der Waals surface area (Å²) in [5.74, 6) is -0.601. The lowest BCUT2D eigenvalue weighted by molar-refractivity contribution is -0.384. The Morgan fingerprint density at radius 3 is 2.36 bits per heavy atom. The molecule has 9 nitrogen and oxygen atoms in total. The monoisotopic (exact) mass is 494 g/mol. The van der Waals surface area contributed by atoms with E-state index in [1.807, 2.05) is 13.8 Å². The smallest absolute Gasteiger partial charge is 0.269 e. The fourth-order valence-corrected chi connectivity index (χ4v) is 3.19. The van der Waals surface area contributed by atoms with Crippen LogP contribution in [0.2, 0.25) is 10.0 Å². The second kappa shape index (κ2) is 12.2. The molecule has 0 heterocycles. The van der Waals surface area contributed by atoms with Crippen LogP contribution >= 0.6 is 23.2 Å². The first kappa shape index (κ1) is 26.1. The molecule has 33 heavy (non-hydrogen) atoms. The molecule has 11 heteroatoms. The summed E-state index contributed by atoms with van der Waals surface area (Å²) in [5, 5.41) is 18.0. The van der Waals surface area contributed by atoms with Crippen molar-refractivity contribution in [2.45, 2.75) is 39.3 Å². The maximum atomic E-state index is 12.6. The topological polar surface area (TPSA) is 123 Å². The quantitative estimate of drug-likeness (QED) is 0.288. The van der Waals surface area contributed by atoms with Crippen LogP contribution in [0.25, 0.3) is 0 Å². The van der Waals surface area contributed by atoms with E-state index in [1.165, 1.54) is 43.5 Å². The molecule has 0 spiro atoms. The number of hydrogen-bond donors (Lipinski definition) is 2. The van der Waals surface area contributed by atoms with E-state index in [9.17, 15) is 19.7 Å². The summed E-state index contributed by atoms with van der Waals surface area (Å²) in [6.07, 6.45) is 0.804. The highest BCUT2D eigenvalue weighted by atomic mass is 35.5. The Morgan fingerprint density at radius 1 is 1.12 bits per heavy atom. The van der Waals surface area contributed by atoms with Gasteiger partial charge in [0.25, 0.3) is 17.5 Å². The van der Waals surface area contributed by atoms with Gasteiger partial charge in [-0.1, -0.05) is 37.0 Å². The van der Waals surface area contributed by atoms with E-state index in [0.29, 0.717) is 22.8 Å². The lowest BCUT2D eigenvalue weighted by Crippen LogP contribution is -2.49. The number of nitro benzene ring substituents is 1. The predicted molar refractivity (Wildman–Crippen MR) is 127 cm³/mol. The number of carbonyl (C=O) groups excluding carboxylic acids is 2. The van der Waals surface area contributed by atoms with E-state index in [4.69, 9.17) is 27.9 Å². The summed E-state index contributed by atoms with van der Waals surface area (Å²) in [6.45, 7) is 5.37. The summed E-state index contributed by atoms with van der Waals surface area (Å²) < 4.78 is 5.60. The first-order chi connectivity index (χ1) is 15.6. The summed E-state index contributed by atoms with van der Waals surface area (Å²) >= 11 is 11.9. The molecule has 2 amide bonds. The first-order valence-corrected chi connectivity index (χ1v) is 10.8. The van der Waals surface area contributed by atoms with Crippen LogP contribution in [-0.2, 0) is 9.59 Å².